The molecule has 0 bridgehead atoms. The van der Waals surface area contributed by atoms with Gasteiger partial charge in [0.1, 0.15) is 0 Å². The minimum Gasteiger partial charge on any atom is -0.381 e. The van der Waals surface area contributed by atoms with E-state index in [0.717, 1.165) is 75.7 Å². The normalized spacial score (nSPS) is 21.2. The van der Waals surface area contributed by atoms with E-state index in [2.05, 4.69) is 10.1 Å². The highest BCUT2D eigenvalue weighted by Gasteiger charge is 2.27. The fraction of sp³-hybridized carbons (Fsp3) is 0.550. The van der Waals surface area contributed by atoms with Crippen molar-refractivity contribution in [3.05, 3.63) is 47.6 Å². The predicted molar refractivity (Wildman–Crippen MR) is 95.9 cm³/mol. The minimum atomic E-state index is 0.134. The molecule has 138 valence electrons. The summed E-state index contributed by atoms with van der Waals surface area (Å²) in [6.07, 6.45) is 4.76. The number of aromatic nitrogens is 2. The van der Waals surface area contributed by atoms with Crippen LogP contribution in [-0.2, 0) is 11.2 Å². The number of likely N-dealkylation sites (tertiary alicyclic amines) is 1. The summed E-state index contributed by atoms with van der Waals surface area (Å²) in [5.41, 5.74) is 0.771. The van der Waals surface area contributed by atoms with Gasteiger partial charge in [0.15, 0.2) is 5.82 Å². The van der Waals surface area contributed by atoms with Crippen LogP contribution in [-0.4, -0.2) is 47.3 Å². The number of carbonyl (C=O) groups is 1. The fourth-order valence-electron chi connectivity index (χ4n) is 3.83. The molecule has 0 N–H and O–H groups in total. The number of aryl methyl sites for hydroxylation is 1. The van der Waals surface area contributed by atoms with Gasteiger partial charge in [-0.1, -0.05) is 23.4 Å². The van der Waals surface area contributed by atoms with Gasteiger partial charge in [-0.3, -0.25) is 4.79 Å². The molecule has 2 fully saturated rings. The first-order valence-corrected chi connectivity index (χ1v) is 9.54. The molecule has 0 radical (unpaired) electrons. The van der Waals surface area contributed by atoms with Crippen molar-refractivity contribution >= 4 is 5.91 Å². The number of hydrogen-bond donors (Lipinski definition) is 0. The molecule has 2 aliphatic heterocycles. The molecule has 6 heteroatoms. The highest BCUT2D eigenvalue weighted by molar-refractivity contribution is 5.94. The lowest BCUT2D eigenvalue weighted by molar-refractivity contribution is 0.0778. The van der Waals surface area contributed by atoms with Crippen LogP contribution < -0.4 is 0 Å². The van der Waals surface area contributed by atoms with E-state index in [9.17, 15) is 4.79 Å². The Labute approximate surface area is 153 Å². The van der Waals surface area contributed by atoms with Crippen LogP contribution in [0.25, 0.3) is 0 Å². The molecule has 26 heavy (non-hydrogen) atoms. The molecule has 1 atom stereocenters. The first kappa shape index (κ1) is 17.2. The van der Waals surface area contributed by atoms with Crippen molar-refractivity contribution in [3.63, 3.8) is 0 Å². The molecular formula is C20H25N3O3. The van der Waals surface area contributed by atoms with Crippen LogP contribution in [0, 0.1) is 5.92 Å². The van der Waals surface area contributed by atoms with Crippen molar-refractivity contribution in [2.75, 3.05) is 26.3 Å². The summed E-state index contributed by atoms with van der Waals surface area (Å²) in [5, 5.41) is 4.15. The molecule has 1 amide bonds. The van der Waals surface area contributed by atoms with Gasteiger partial charge in [0.25, 0.3) is 5.91 Å². The molecule has 2 aliphatic rings. The van der Waals surface area contributed by atoms with E-state index < -0.39 is 0 Å². The average molecular weight is 355 g/mol. The lowest BCUT2D eigenvalue weighted by Crippen LogP contribution is -2.28. The lowest BCUT2D eigenvalue weighted by atomic mass is 10.0. The molecule has 0 aliphatic carbocycles. The van der Waals surface area contributed by atoms with Crippen LogP contribution in [0.2, 0.25) is 0 Å². The van der Waals surface area contributed by atoms with E-state index in [-0.39, 0.29) is 5.91 Å². The third-order valence-corrected chi connectivity index (χ3v) is 5.42. The third-order valence-electron chi connectivity index (χ3n) is 5.42. The SMILES string of the molecule is O=C(c1ccccc1)N1CCC(CCc2noc(C3CCOCC3)n2)C1. The lowest BCUT2D eigenvalue weighted by Gasteiger charge is -2.18. The zero-order valence-corrected chi connectivity index (χ0v) is 15.0. The second-order valence-electron chi connectivity index (χ2n) is 7.25. The number of amides is 1. The van der Waals surface area contributed by atoms with Gasteiger partial charge in [0.05, 0.1) is 0 Å². The molecule has 3 heterocycles. The van der Waals surface area contributed by atoms with Crippen LogP contribution in [0.4, 0.5) is 0 Å². The Morgan fingerprint density at radius 2 is 1.96 bits per heavy atom. The van der Waals surface area contributed by atoms with Crippen molar-refractivity contribution in [1.82, 2.24) is 15.0 Å². The van der Waals surface area contributed by atoms with E-state index in [4.69, 9.17) is 9.26 Å². The summed E-state index contributed by atoms with van der Waals surface area (Å²) in [5.74, 6) is 2.53. The summed E-state index contributed by atoms with van der Waals surface area (Å²) in [4.78, 5) is 19.1. The number of carbonyl (C=O) groups excluding carboxylic acids is 1. The van der Waals surface area contributed by atoms with Crippen molar-refractivity contribution in [2.45, 2.75) is 38.0 Å². The smallest absolute Gasteiger partial charge is 0.253 e. The van der Waals surface area contributed by atoms with Crippen LogP contribution in [0.15, 0.2) is 34.9 Å². The Morgan fingerprint density at radius 3 is 2.77 bits per heavy atom. The minimum absolute atomic E-state index is 0.134. The number of benzene rings is 1. The molecule has 1 aromatic carbocycles. The molecule has 0 spiro atoms. The number of hydrogen-bond acceptors (Lipinski definition) is 5. The topological polar surface area (TPSA) is 68.5 Å². The maximum absolute atomic E-state index is 12.5. The van der Waals surface area contributed by atoms with Crippen LogP contribution in [0.5, 0.6) is 0 Å². The van der Waals surface area contributed by atoms with Gasteiger partial charge in [0.2, 0.25) is 5.89 Å². The molecular weight excluding hydrogens is 330 g/mol. The Morgan fingerprint density at radius 1 is 1.15 bits per heavy atom. The average Bonchev–Trinajstić information content (AvgIpc) is 3.37. The number of rotatable bonds is 5. The van der Waals surface area contributed by atoms with Gasteiger partial charge in [-0.2, -0.15) is 4.98 Å². The van der Waals surface area contributed by atoms with E-state index in [0.29, 0.717) is 11.8 Å². The highest BCUT2D eigenvalue weighted by Crippen LogP contribution is 2.26. The third kappa shape index (κ3) is 3.96. The molecule has 0 saturated carbocycles. The fourth-order valence-corrected chi connectivity index (χ4v) is 3.83. The largest absolute Gasteiger partial charge is 0.381 e. The van der Waals surface area contributed by atoms with Gasteiger partial charge >= 0.3 is 0 Å². The van der Waals surface area contributed by atoms with Gasteiger partial charge in [-0.25, -0.2) is 0 Å². The van der Waals surface area contributed by atoms with E-state index in [1.807, 2.05) is 35.2 Å². The van der Waals surface area contributed by atoms with Crippen LogP contribution in [0.3, 0.4) is 0 Å². The molecule has 4 rings (SSSR count). The summed E-state index contributed by atoms with van der Waals surface area (Å²) in [6.45, 7) is 3.20. The van der Waals surface area contributed by atoms with Crippen molar-refractivity contribution in [3.8, 4) is 0 Å². The monoisotopic (exact) mass is 355 g/mol. The molecule has 6 nitrogen and oxygen atoms in total. The van der Waals surface area contributed by atoms with E-state index >= 15 is 0 Å². The maximum Gasteiger partial charge on any atom is 0.253 e. The molecule has 2 aromatic rings. The van der Waals surface area contributed by atoms with Crippen molar-refractivity contribution in [2.24, 2.45) is 5.92 Å². The Bertz CT molecular complexity index is 725. The van der Waals surface area contributed by atoms with Crippen molar-refractivity contribution < 1.29 is 14.1 Å². The Hall–Kier alpha value is -2.21. The zero-order valence-electron chi connectivity index (χ0n) is 15.0. The summed E-state index contributed by atoms with van der Waals surface area (Å²) >= 11 is 0. The van der Waals surface area contributed by atoms with Gasteiger partial charge in [0, 0.05) is 44.2 Å². The Balaban J connectivity index is 1.27. The predicted octanol–water partition coefficient (Wildman–Crippen LogP) is 3.06. The second-order valence-corrected chi connectivity index (χ2v) is 7.25. The number of nitrogens with zero attached hydrogens (tertiary/aromatic N) is 3. The summed E-state index contributed by atoms with van der Waals surface area (Å²) < 4.78 is 10.8. The van der Waals surface area contributed by atoms with Crippen LogP contribution >= 0.6 is 0 Å². The van der Waals surface area contributed by atoms with Gasteiger partial charge in [-0.15, -0.1) is 0 Å². The van der Waals surface area contributed by atoms with Crippen LogP contribution in [0.1, 0.15) is 53.7 Å². The first-order valence-electron chi connectivity index (χ1n) is 9.54. The Kier molecular flexibility index (Phi) is 5.29. The van der Waals surface area contributed by atoms with Gasteiger partial charge < -0.3 is 14.2 Å². The van der Waals surface area contributed by atoms with Gasteiger partial charge in [-0.05, 0) is 43.7 Å². The molecule has 2 saturated heterocycles. The van der Waals surface area contributed by atoms with E-state index in [1.165, 1.54) is 0 Å². The second kappa shape index (κ2) is 7.99. The summed E-state index contributed by atoms with van der Waals surface area (Å²) in [7, 11) is 0. The molecule has 1 aromatic heterocycles. The highest BCUT2D eigenvalue weighted by atomic mass is 16.5. The summed E-state index contributed by atoms with van der Waals surface area (Å²) in [6, 6.07) is 9.52. The number of ether oxygens (including phenoxy) is 1. The molecule has 1 unspecified atom stereocenters. The zero-order chi connectivity index (χ0) is 17.8. The maximum atomic E-state index is 12.5. The quantitative estimate of drug-likeness (QED) is 0.824. The van der Waals surface area contributed by atoms with E-state index in [1.54, 1.807) is 0 Å². The van der Waals surface area contributed by atoms with Crippen molar-refractivity contribution in [1.29, 1.82) is 0 Å². The first-order chi connectivity index (χ1) is 12.8. The standard InChI is InChI=1S/C20H25N3O3/c24-20(17-4-2-1-3-5-17)23-11-8-15(14-23)6-7-18-21-19(26-22-18)16-9-12-25-13-10-16/h1-5,15-16H,6-14H2.